The van der Waals surface area contributed by atoms with Crippen LogP contribution in [0.3, 0.4) is 0 Å². The fourth-order valence-electron chi connectivity index (χ4n) is 2.76. The summed E-state index contributed by atoms with van der Waals surface area (Å²) in [4.78, 5) is 0. The molecule has 2 rings (SSSR count). The van der Waals surface area contributed by atoms with E-state index in [9.17, 15) is 0 Å². The van der Waals surface area contributed by atoms with E-state index in [1.54, 1.807) is 0 Å². The zero-order valence-electron chi connectivity index (χ0n) is 10.4. The Bertz CT molecular complexity index is 384. The normalized spacial score (nSPS) is 29.0. The van der Waals surface area contributed by atoms with Crippen molar-refractivity contribution in [1.82, 2.24) is 0 Å². The van der Waals surface area contributed by atoms with Crippen molar-refractivity contribution in [3.8, 4) is 5.75 Å². The summed E-state index contributed by atoms with van der Waals surface area (Å²) in [7, 11) is 0. The number of nitrogen functional groups attached to an aromatic ring is 1. The van der Waals surface area contributed by atoms with Gasteiger partial charge in [0.1, 0.15) is 5.75 Å². The van der Waals surface area contributed by atoms with E-state index in [1.807, 2.05) is 18.2 Å². The van der Waals surface area contributed by atoms with Crippen molar-refractivity contribution in [3.05, 3.63) is 22.7 Å². The second-order valence-corrected chi connectivity index (χ2v) is 6.20. The Hall–Kier alpha value is -0.700. The molecule has 1 aliphatic rings. The molecule has 1 aromatic rings. The van der Waals surface area contributed by atoms with Crippen molar-refractivity contribution in [3.63, 3.8) is 0 Å². The van der Waals surface area contributed by atoms with E-state index in [1.165, 1.54) is 6.42 Å². The van der Waals surface area contributed by atoms with Gasteiger partial charge in [0.25, 0.3) is 0 Å². The van der Waals surface area contributed by atoms with E-state index in [4.69, 9.17) is 10.5 Å². The first-order valence-electron chi connectivity index (χ1n) is 6.26. The molecule has 1 aliphatic carbocycles. The van der Waals surface area contributed by atoms with Crippen LogP contribution in [0.25, 0.3) is 0 Å². The lowest BCUT2D eigenvalue weighted by Crippen LogP contribution is -2.28. The molecule has 94 valence electrons. The summed E-state index contributed by atoms with van der Waals surface area (Å²) in [5.41, 5.74) is 6.54. The molecule has 17 heavy (non-hydrogen) atoms. The first kappa shape index (κ1) is 12.7. The van der Waals surface area contributed by atoms with Crippen molar-refractivity contribution < 1.29 is 4.74 Å². The Labute approximate surface area is 112 Å². The molecule has 0 heterocycles. The Morgan fingerprint density at radius 3 is 2.47 bits per heavy atom. The van der Waals surface area contributed by atoms with Gasteiger partial charge in [-0.15, -0.1) is 0 Å². The lowest BCUT2D eigenvalue weighted by Gasteiger charge is -2.32. The van der Waals surface area contributed by atoms with E-state index >= 15 is 0 Å². The van der Waals surface area contributed by atoms with Crippen molar-refractivity contribution in [2.45, 2.75) is 39.2 Å². The standard InChI is InChI=1S/C14H20BrNO/c1-9-5-10(2)7-12(6-9)17-14-8-11(16)3-4-13(14)15/h3-4,8-10,12H,5-7,16H2,1-2H3. The first-order valence-corrected chi connectivity index (χ1v) is 7.05. The highest BCUT2D eigenvalue weighted by Crippen LogP contribution is 2.34. The lowest BCUT2D eigenvalue weighted by atomic mass is 9.82. The molecule has 1 saturated carbocycles. The zero-order chi connectivity index (χ0) is 12.4. The van der Waals surface area contributed by atoms with Gasteiger partial charge in [0.2, 0.25) is 0 Å². The van der Waals surface area contributed by atoms with Crippen LogP contribution < -0.4 is 10.5 Å². The summed E-state index contributed by atoms with van der Waals surface area (Å²) in [6.07, 6.45) is 3.93. The fraction of sp³-hybridized carbons (Fsp3) is 0.571. The third-order valence-electron chi connectivity index (χ3n) is 3.38. The summed E-state index contributed by atoms with van der Waals surface area (Å²) in [6, 6.07) is 5.72. The lowest BCUT2D eigenvalue weighted by molar-refractivity contribution is 0.100. The third kappa shape index (κ3) is 3.38. The maximum Gasteiger partial charge on any atom is 0.135 e. The van der Waals surface area contributed by atoms with E-state index in [0.29, 0.717) is 6.10 Å². The molecule has 2 atom stereocenters. The van der Waals surface area contributed by atoms with Crippen molar-refractivity contribution in [1.29, 1.82) is 0 Å². The van der Waals surface area contributed by atoms with Crippen molar-refractivity contribution in [2.24, 2.45) is 11.8 Å². The van der Waals surface area contributed by atoms with Gasteiger partial charge in [0, 0.05) is 11.8 Å². The van der Waals surface area contributed by atoms with Crippen LogP contribution in [0.1, 0.15) is 33.1 Å². The maximum atomic E-state index is 6.08. The molecular weight excluding hydrogens is 278 g/mol. The van der Waals surface area contributed by atoms with Crippen LogP contribution in [-0.4, -0.2) is 6.10 Å². The minimum atomic E-state index is 0.326. The molecule has 0 aliphatic heterocycles. The second-order valence-electron chi connectivity index (χ2n) is 5.35. The van der Waals surface area contributed by atoms with Gasteiger partial charge in [-0.05, 0) is 59.2 Å². The Balaban J connectivity index is 2.07. The molecule has 1 fully saturated rings. The molecule has 2 nitrogen and oxygen atoms in total. The topological polar surface area (TPSA) is 35.2 Å². The van der Waals surface area contributed by atoms with Crippen LogP contribution in [0.15, 0.2) is 22.7 Å². The van der Waals surface area contributed by atoms with Gasteiger partial charge in [-0.2, -0.15) is 0 Å². The minimum Gasteiger partial charge on any atom is -0.489 e. The Morgan fingerprint density at radius 2 is 1.82 bits per heavy atom. The highest BCUT2D eigenvalue weighted by molar-refractivity contribution is 9.10. The Kier molecular flexibility index (Phi) is 3.97. The molecule has 3 heteroatoms. The van der Waals surface area contributed by atoms with Crippen LogP contribution in [0, 0.1) is 11.8 Å². The maximum absolute atomic E-state index is 6.08. The van der Waals surface area contributed by atoms with Crippen LogP contribution in [0.5, 0.6) is 5.75 Å². The van der Waals surface area contributed by atoms with Crippen LogP contribution in [0.4, 0.5) is 5.69 Å². The number of hydrogen-bond acceptors (Lipinski definition) is 2. The average molecular weight is 298 g/mol. The second kappa shape index (κ2) is 5.30. The third-order valence-corrected chi connectivity index (χ3v) is 4.04. The van der Waals surface area contributed by atoms with Gasteiger partial charge in [0.15, 0.2) is 0 Å². The number of benzene rings is 1. The molecule has 0 radical (unpaired) electrons. The van der Waals surface area contributed by atoms with Crippen molar-refractivity contribution >= 4 is 21.6 Å². The predicted octanol–water partition coefficient (Wildman–Crippen LogP) is 4.23. The van der Waals surface area contributed by atoms with Gasteiger partial charge in [-0.3, -0.25) is 0 Å². The SMILES string of the molecule is CC1CC(C)CC(Oc2cc(N)ccc2Br)C1. The molecule has 2 N–H and O–H groups in total. The molecule has 2 unspecified atom stereocenters. The van der Waals surface area contributed by atoms with Gasteiger partial charge in [-0.25, -0.2) is 0 Å². The smallest absolute Gasteiger partial charge is 0.135 e. The number of nitrogens with two attached hydrogens (primary N) is 1. The summed E-state index contributed by atoms with van der Waals surface area (Å²) < 4.78 is 7.06. The molecule has 0 spiro atoms. The van der Waals surface area contributed by atoms with Crippen molar-refractivity contribution in [2.75, 3.05) is 5.73 Å². The molecule has 0 amide bonds. The Morgan fingerprint density at radius 1 is 1.18 bits per heavy atom. The van der Waals surface area contributed by atoms with E-state index < -0.39 is 0 Å². The number of hydrogen-bond donors (Lipinski definition) is 1. The number of ether oxygens (including phenoxy) is 1. The van der Waals surface area contributed by atoms with E-state index in [-0.39, 0.29) is 0 Å². The summed E-state index contributed by atoms with van der Waals surface area (Å²) in [5, 5.41) is 0. The monoisotopic (exact) mass is 297 g/mol. The average Bonchev–Trinajstić information content (AvgIpc) is 2.22. The summed E-state index contributed by atoms with van der Waals surface area (Å²) >= 11 is 3.51. The summed E-state index contributed by atoms with van der Waals surface area (Å²) in [6.45, 7) is 4.61. The van der Waals surface area contributed by atoms with Crippen LogP contribution >= 0.6 is 15.9 Å². The number of rotatable bonds is 2. The minimum absolute atomic E-state index is 0.326. The highest BCUT2D eigenvalue weighted by Gasteiger charge is 2.25. The van der Waals surface area contributed by atoms with Gasteiger partial charge < -0.3 is 10.5 Å². The number of anilines is 1. The van der Waals surface area contributed by atoms with E-state index in [2.05, 4.69) is 29.8 Å². The highest BCUT2D eigenvalue weighted by atomic mass is 79.9. The van der Waals surface area contributed by atoms with Gasteiger partial charge in [-0.1, -0.05) is 13.8 Å². The van der Waals surface area contributed by atoms with Gasteiger partial charge in [0.05, 0.1) is 10.6 Å². The summed E-state index contributed by atoms with van der Waals surface area (Å²) in [5.74, 6) is 2.38. The number of halogens is 1. The quantitative estimate of drug-likeness (QED) is 0.829. The van der Waals surface area contributed by atoms with Gasteiger partial charge >= 0.3 is 0 Å². The molecule has 0 aromatic heterocycles. The molecular formula is C14H20BrNO. The van der Waals surface area contributed by atoms with E-state index in [0.717, 1.165) is 40.6 Å². The zero-order valence-corrected chi connectivity index (χ0v) is 12.0. The van der Waals surface area contributed by atoms with Crippen LogP contribution in [-0.2, 0) is 0 Å². The fourth-order valence-corrected chi connectivity index (χ4v) is 3.10. The predicted molar refractivity (Wildman–Crippen MR) is 75.1 cm³/mol. The van der Waals surface area contributed by atoms with Crippen LogP contribution in [0.2, 0.25) is 0 Å². The molecule has 1 aromatic carbocycles. The first-order chi connectivity index (χ1) is 8.04. The molecule has 0 saturated heterocycles. The largest absolute Gasteiger partial charge is 0.489 e. The molecule has 0 bridgehead atoms.